The van der Waals surface area contributed by atoms with Crippen LogP contribution < -0.4 is 0 Å². The zero-order valence-electron chi connectivity index (χ0n) is 9.11. The minimum absolute atomic E-state index is 0.117. The van der Waals surface area contributed by atoms with Crippen LogP contribution in [0, 0.1) is 0 Å². The molecule has 0 radical (unpaired) electrons. The highest BCUT2D eigenvalue weighted by Crippen LogP contribution is 2.43. The summed E-state index contributed by atoms with van der Waals surface area (Å²) in [6.45, 7) is 3.51. The van der Waals surface area contributed by atoms with Crippen molar-refractivity contribution in [3.8, 4) is 0 Å². The number of phosphoric ester groups is 1. The van der Waals surface area contributed by atoms with Gasteiger partial charge in [0, 0.05) is 5.75 Å². The molecule has 2 rings (SSSR count). The van der Waals surface area contributed by atoms with Crippen LogP contribution in [0.4, 0.5) is 0 Å². The Morgan fingerprint density at radius 1 is 1.61 bits per heavy atom. The molecule has 18 heavy (non-hydrogen) atoms. The predicted molar refractivity (Wildman–Crippen MR) is 63.1 cm³/mol. The number of fused-ring (bicyclic) bond motifs is 1. The number of β-lactam (4-membered cyclic amide) rings is 1. The summed E-state index contributed by atoms with van der Waals surface area (Å²) in [5, 5.41) is -0.166. The molecule has 0 aromatic rings. The minimum Gasteiger partial charge on any atom is -0.366 e. The van der Waals surface area contributed by atoms with Gasteiger partial charge in [-0.2, -0.15) is 0 Å². The second-order valence-electron chi connectivity index (χ2n) is 3.68. The summed E-state index contributed by atoms with van der Waals surface area (Å²) in [4.78, 5) is 41.6. The topological polar surface area (TPSA) is 104 Å². The molecule has 2 aliphatic heterocycles. The summed E-state index contributed by atoms with van der Waals surface area (Å²) in [5.41, 5.74) is 0.316. The van der Waals surface area contributed by atoms with E-state index in [0.717, 1.165) is 0 Å². The van der Waals surface area contributed by atoms with Crippen LogP contribution in [0.2, 0.25) is 0 Å². The van der Waals surface area contributed by atoms with Crippen molar-refractivity contribution in [3.05, 3.63) is 23.9 Å². The lowest BCUT2D eigenvalue weighted by molar-refractivity contribution is -0.145. The average molecular weight is 291 g/mol. The average Bonchev–Trinajstić information content (AvgIpc) is 2.24. The smallest absolute Gasteiger partial charge is 0.366 e. The van der Waals surface area contributed by atoms with E-state index in [1.54, 1.807) is 0 Å². The number of phosphoric acid groups is 1. The van der Waals surface area contributed by atoms with Crippen LogP contribution in [0.25, 0.3) is 0 Å². The van der Waals surface area contributed by atoms with Crippen molar-refractivity contribution in [1.29, 1.82) is 0 Å². The summed E-state index contributed by atoms with van der Waals surface area (Å²) in [5.74, 6) is -1.02. The molecule has 0 spiro atoms. The number of nitrogens with zero attached hydrogens (tertiary/aromatic N) is 1. The summed E-state index contributed by atoms with van der Waals surface area (Å²) in [6, 6.07) is 0. The van der Waals surface area contributed by atoms with E-state index in [-0.39, 0.29) is 17.0 Å². The third-order valence-electron chi connectivity index (χ3n) is 2.52. The van der Waals surface area contributed by atoms with Gasteiger partial charge in [0.25, 0.3) is 0 Å². The van der Waals surface area contributed by atoms with E-state index in [2.05, 4.69) is 11.1 Å². The molecule has 1 atom stereocenters. The van der Waals surface area contributed by atoms with Crippen LogP contribution in [0.5, 0.6) is 0 Å². The highest BCUT2D eigenvalue weighted by atomic mass is 32.2. The second-order valence-corrected chi connectivity index (χ2v) is 6.01. The first-order valence-corrected chi connectivity index (χ1v) is 7.50. The molecule has 1 fully saturated rings. The van der Waals surface area contributed by atoms with Crippen molar-refractivity contribution in [3.63, 3.8) is 0 Å². The van der Waals surface area contributed by atoms with E-state index in [0.29, 0.717) is 17.7 Å². The van der Waals surface area contributed by atoms with Gasteiger partial charge in [-0.1, -0.05) is 12.7 Å². The Morgan fingerprint density at radius 3 is 2.78 bits per heavy atom. The number of amides is 1. The highest BCUT2D eigenvalue weighted by Gasteiger charge is 2.46. The number of hydrogen-bond donors (Lipinski definition) is 2. The molecule has 0 saturated carbocycles. The molecular weight excluding hydrogens is 281 g/mol. The maximum atomic E-state index is 11.7. The van der Waals surface area contributed by atoms with Crippen LogP contribution in [-0.4, -0.2) is 37.7 Å². The molecule has 2 aliphatic rings. The van der Waals surface area contributed by atoms with E-state index in [1.165, 1.54) is 22.7 Å². The SMILES string of the molecule is C=CC1=C(C(=O)OP(=O)(O)O)N2C(=O)CC2SC1. The lowest BCUT2D eigenvalue weighted by atomic mass is 10.1. The van der Waals surface area contributed by atoms with Gasteiger partial charge in [-0.3, -0.25) is 19.5 Å². The van der Waals surface area contributed by atoms with Crippen molar-refractivity contribution < 1.29 is 28.5 Å². The second kappa shape index (κ2) is 4.55. The van der Waals surface area contributed by atoms with Crippen molar-refractivity contribution in [2.45, 2.75) is 11.8 Å². The molecule has 2 N–H and O–H groups in total. The first kappa shape index (κ1) is 13.4. The molecule has 0 aromatic heterocycles. The Bertz CT molecular complexity index is 509. The predicted octanol–water partition coefficient (Wildman–Crippen LogP) is 0.368. The van der Waals surface area contributed by atoms with Gasteiger partial charge in [-0.25, -0.2) is 9.36 Å². The van der Waals surface area contributed by atoms with Gasteiger partial charge in [0.15, 0.2) is 0 Å². The zero-order valence-corrected chi connectivity index (χ0v) is 10.8. The first-order chi connectivity index (χ1) is 8.33. The van der Waals surface area contributed by atoms with Crippen LogP contribution in [0.15, 0.2) is 23.9 Å². The number of thioether (sulfide) groups is 1. The Morgan fingerprint density at radius 2 is 2.28 bits per heavy atom. The van der Waals surface area contributed by atoms with Gasteiger partial charge in [0.05, 0.1) is 11.8 Å². The maximum absolute atomic E-state index is 11.7. The molecule has 7 nitrogen and oxygen atoms in total. The van der Waals surface area contributed by atoms with Crippen molar-refractivity contribution in [2.24, 2.45) is 0 Å². The van der Waals surface area contributed by atoms with E-state index < -0.39 is 13.8 Å². The van der Waals surface area contributed by atoms with Crippen molar-refractivity contribution >= 4 is 31.5 Å². The van der Waals surface area contributed by atoms with Gasteiger partial charge in [-0.15, -0.1) is 11.8 Å². The number of rotatable bonds is 3. The summed E-state index contributed by atoms with van der Waals surface area (Å²) in [7, 11) is -4.93. The lowest BCUT2D eigenvalue weighted by Crippen LogP contribution is -2.53. The van der Waals surface area contributed by atoms with Crippen LogP contribution in [0.3, 0.4) is 0 Å². The van der Waals surface area contributed by atoms with E-state index in [4.69, 9.17) is 9.79 Å². The van der Waals surface area contributed by atoms with Gasteiger partial charge < -0.3 is 4.52 Å². The van der Waals surface area contributed by atoms with Crippen LogP contribution >= 0.6 is 19.6 Å². The van der Waals surface area contributed by atoms with E-state index in [1.807, 2.05) is 0 Å². The van der Waals surface area contributed by atoms with Gasteiger partial charge in [-0.05, 0) is 5.57 Å². The van der Waals surface area contributed by atoms with Crippen LogP contribution in [-0.2, 0) is 18.7 Å². The third-order valence-corrected chi connectivity index (χ3v) is 4.17. The number of allylic oxidation sites excluding steroid dienone is 1. The fourth-order valence-electron chi connectivity index (χ4n) is 1.73. The monoisotopic (exact) mass is 291 g/mol. The standard InChI is InChI=1S/C9H10NO6PS/c1-2-5-4-18-7-3-6(11)10(7)8(5)9(12)16-17(13,14)15/h2,7H,1,3-4H2,(H2,13,14,15). The summed E-state index contributed by atoms with van der Waals surface area (Å²) >= 11 is 1.46. The molecular formula is C9H10NO6PS. The largest absolute Gasteiger partial charge is 0.527 e. The van der Waals surface area contributed by atoms with E-state index in [9.17, 15) is 14.2 Å². The molecule has 1 amide bonds. The van der Waals surface area contributed by atoms with Gasteiger partial charge >= 0.3 is 13.8 Å². The number of carbonyl (C=O) groups is 2. The molecule has 0 bridgehead atoms. The molecule has 2 heterocycles. The molecule has 1 unspecified atom stereocenters. The Hall–Kier alpha value is -1.08. The Labute approximate surface area is 107 Å². The minimum atomic E-state index is -4.93. The fourth-order valence-corrected chi connectivity index (χ4v) is 3.30. The summed E-state index contributed by atoms with van der Waals surface area (Å²) < 4.78 is 14.7. The maximum Gasteiger partial charge on any atom is 0.527 e. The lowest BCUT2D eigenvalue weighted by Gasteiger charge is -2.43. The van der Waals surface area contributed by atoms with Crippen molar-refractivity contribution in [1.82, 2.24) is 4.90 Å². The van der Waals surface area contributed by atoms with Crippen LogP contribution in [0.1, 0.15) is 6.42 Å². The molecule has 1 saturated heterocycles. The van der Waals surface area contributed by atoms with Gasteiger partial charge in [0.2, 0.25) is 5.91 Å². The Balaban J connectivity index is 2.33. The first-order valence-electron chi connectivity index (χ1n) is 4.92. The Kier molecular flexibility index (Phi) is 3.37. The number of hydrogen-bond acceptors (Lipinski definition) is 5. The molecule has 0 aliphatic carbocycles. The van der Waals surface area contributed by atoms with Crippen molar-refractivity contribution in [2.75, 3.05) is 5.75 Å². The third kappa shape index (κ3) is 2.37. The summed E-state index contributed by atoms with van der Waals surface area (Å²) in [6.07, 6.45) is 1.69. The van der Waals surface area contributed by atoms with Gasteiger partial charge in [0.1, 0.15) is 5.70 Å². The quantitative estimate of drug-likeness (QED) is 0.571. The number of carbonyl (C=O) groups excluding carboxylic acids is 2. The molecule has 98 valence electrons. The zero-order chi connectivity index (χ0) is 13.5. The molecule has 9 heteroatoms. The molecule has 0 aromatic carbocycles. The fraction of sp³-hybridized carbons (Fsp3) is 0.333. The normalized spacial score (nSPS) is 23.3. The highest BCUT2D eigenvalue weighted by molar-refractivity contribution is 8.00. The van der Waals surface area contributed by atoms with E-state index >= 15 is 0 Å².